The van der Waals surface area contributed by atoms with E-state index in [9.17, 15) is 5.11 Å². The Balaban J connectivity index is 1.64. The van der Waals surface area contributed by atoms with Crippen LogP contribution < -0.4 is 5.32 Å². The van der Waals surface area contributed by atoms with Gasteiger partial charge in [-0.2, -0.15) is 0 Å². The van der Waals surface area contributed by atoms with Crippen molar-refractivity contribution < 1.29 is 5.11 Å². The van der Waals surface area contributed by atoms with E-state index in [1.165, 1.54) is 36.9 Å². The lowest BCUT2D eigenvalue weighted by Crippen LogP contribution is -2.42. The maximum atomic E-state index is 10.6. The average molecular weight is 259 g/mol. The molecule has 1 heterocycles. The Labute approximate surface area is 116 Å². The van der Waals surface area contributed by atoms with Crippen molar-refractivity contribution in [2.45, 2.75) is 57.6 Å². The van der Waals surface area contributed by atoms with Crippen LogP contribution in [0.15, 0.2) is 24.3 Å². The van der Waals surface area contributed by atoms with E-state index in [0.717, 1.165) is 18.8 Å². The molecule has 1 aromatic carbocycles. The van der Waals surface area contributed by atoms with Gasteiger partial charge in [0.2, 0.25) is 0 Å². The van der Waals surface area contributed by atoms with Gasteiger partial charge in [-0.05, 0) is 49.1 Å². The zero-order valence-corrected chi connectivity index (χ0v) is 11.8. The van der Waals surface area contributed by atoms with Crippen LogP contribution in [0, 0.1) is 11.8 Å². The van der Waals surface area contributed by atoms with Gasteiger partial charge in [0.15, 0.2) is 0 Å². The number of anilines is 1. The number of rotatable bonds is 2. The predicted molar refractivity (Wildman–Crippen MR) is 79.3 cm³/mol. The number of fused-ring (bicyclic) bond motifs is 1. The molecule has 104 valence electrons. The Morgan fingerprint density at radius 2 is 1.84 bits per heavy atom. The van der Waals surface area contributed by atoms with Gasteiger partial charge >= 0.3 is 0 Å². The Morgan fingerprint density at radius 3 is 2.63 bits per heavy atom. The largest absolute Gasteiger partial charge is 0.391 e. The highest BCUT2D eigenvalue weighted by atomic mass is 16.3. The van der Waals surface area contributed by atoms with Gasteiger partial charge in [0, 0.05) is 5.69 Å². The third kappa shape index (κ3) is 2.79. The summed E-state index contributed by atoms with van der Waals surface area (Å²) < 4.78 is 0. The van der Waals surface area contributed by atoms with E-state index in [1.807, 2.05) is 0 Å². The van der Waals surface area contributed by atoms with Gasteiger partial charge in [0.05, 0.1) is 12.1 Å². The van der Waals surface area contributed by atoms with E-state index < -0.39 is 0 Å². The highest BCUT2D eigenvalue weighted by Gasteiger charge is 2.32. The summed E-state index contributed by atoms with van der Waals surface area (Å²) in [4.78, 5) is 0. The van der Waals surface area contributed by atoms with Crippen LogP contribution in [0.5, 0.6) is 0 Å². The summed E-state index contributed by atoms with van der Waals surface area (Å²) in [6.07, 6.45) is 6.93. The van der Waals surface area contributed by atoms with E-state index in [1.54, 1.807) is 0 Å². The molecule has 1 aliphatic heterocycles. The van der Waals surface area contributed by atoms with Crippen LogP contribution in [0.4, 0.5) is 5.69 Å². The Hall–Kier alpha value is -1.02. The van der Waals surface area contributed by atoms with Gasteiger partial charge < -0.3 is 10.4 Å². The van der Waals surface area contributed by atoms with Gasteiger partial charge in [-0.3, -0.25) is 0 Å². The lowest BCUT2D eigenvalue weighted by Gasteiger charge is -2.37. The zero-order chi connectivity index (χ0) is 13.2. The summed E-state index contributed by atoms with van der Waals surface area (Å²) in [5, 5.41) is 14.2. The summed E-state index contributed by atoms with van der Waals surface area (Å²) >= 11 is 0. The Kier molecular flexibility index (Phi) is 3.79. The van der Waals surface area contributed by atoms with Gasteiger partial charge in [0.25, 0.3) is 0 Å². The summed E-state index contributed by atoms with van der Waals surface area (Å²) in [5.41, 5.74) is 2.62. The van der Waals surface area contributed by atoms with Crippen molar-refractivity contribution in [3.63, 3.8) is 0 Å². The van der Waals surface area contributed by atoms with Crippen molar-refractivity contribution in [3.05, 3.63) is 29.8 Å². The first kappa shape index (κ1) is 13.0. The van der Waals surface area contributed by atoms with E-state index >= 15 is 0 Å². The fourth-order valence-electron chi connectivity index (χ4n) is 3.67. The van der Waals surface area contributed by atoms with Crippen molar-refractivity contribution in [1.29, 1.82) is 0 Å². The van der Waals surface area contributed by atoms with Crippen LogP contribution in [0.3, 0.4) is 0 Å². The second kappa shape index (κ2) is 5.54. The number of aryl methyl sites for hydroxylation is 1. The van der Waals surface area contributed by atoms with Crippen molar-refractivity contribution in [2.75, 3.05) is 5.32 Å². The molecule has 0 amide bonds. The third-order valence-corrected chi connectivity index (χ3v) is 5.04. The predicted octanol–water partition coefficient (Wildman–Crippen LogP) is 3.60. The molecule has 1 aromatic rings. The number of aliphatic hydroxyl groups excluding tert-OH is 1. The van der Waals surface area contributed by atoms with Crippen LogP contribution in [-0.4, -0.2) is 17.3 Å². The molecule has 2 atom stereocenters. The molecule has 2 unspecified atom stereocenters. The summed E-state index contributed by atoms with van der Waals surface area (Å²) in [7, 11) is 0. The quantitative estimate of drug-likeness (QED) is 0.850. The molecule has 2 aliphatic rings. The molecule has 1 aliphatic carbocycles. The fourth-order valence-corrected chi connectivity index (χ4v) is 3.67. The minimum Gasteiger partial charge on any atom is -0.391 e. The summed E-state index contributed by atoms with van der Waals surface area (Å²) in [6.45, 7) is 2.33. The summed E-state index contributed by atoms with van der Waals surface area (Å²) in [5.74, 6) is 1.35. The topological polar surface area (TPSA) is 32.3 Å². The molecule has 2 nitrogen and oxygen atoms in total. The van der Waals surface area contributed by atoms with Crippen LogP contribution in [0.2, 0.25) is 0 Å². The monoisotopic (exact) mass is 259 g/mol. The molecule has 1 saturated carbocycles. The number of aliphatic hydroxyl groups is 1. The van der Waals surface area contributed by atoms with Gasteiger partial charge in [0.1, 0.15) is 0 Å². The van der Waals surface area contributed by atoms with Gasteiger partial charge in [-0.15, -0.1) is 0 Å². The number of hydrogen-bond donors (Lipinski definition) is 2. The summed E-state index contributed by atoms with van der Waals surface area (Å²) in [6, 6.07) is 8.74. The average Bonchev–Trinajstić information content (AvgIpc) is 2.47. The van der Waals surface area contributed by atoms with E-state index in [4.69, 9.17) is 0 Å². The SMILES string of the molecule is CC1CCC(C(O)C2CCc3ccccc3N2)CC1. The highest BCUT2D eigenvalue weighted by Crippen LogP contribution is 2.34. The molecule has 3 rings (SSSR count). The van der Waals surface area contributed by atoms with Gasteiger partial charge in [-0.1, -0.05) is 38.0 Å². The number of benzene rings is 1. The maximum absolute atomic E-state index is 10.6. The normalized spacial score (nSPS) is 32.2. The molecule has 1 fully saturated rings. The Morgan fingerprint density at radius 1 is 1.11 bits per heavy atom. The molecule has 19 heavy (non-hydrogen) atoms. The van der Waals surface area contributed by atoms with Crippen molar-refractivity contribution >= 4 is 5.69 Å². The van der Waals surface area contributed by atoms with Gasteiger partial charge in [-0.25, -0.2) is 0 Å². The highest BCUT2D eigenvalue weighted by molar-refractivity contribution is 5.53. The molecule has 2 heteroatoms. The molecular weight excluding hydrogens is 234 g/mol. The molecular formula is C17H25NO. The molecule has 0 saturated heterocycles. The third-order valence-electron chi connectivity index (χ3n) is 5.04. The van der Waals surface area contributed by atoms with Crippen LogP contribution in [0.25, 0.3) is 0 Å². The lowest BCUT2D eigenvalue weighted by molar-refractivity contribution is 0.0569. The maximum Gasteiger partial charge on any atom is 0.0769 e. The molecule has 2 N–H and O–H groups in total. The first-order valence-corrected chi connectivity index (χ1v) is 7.76. The zero-order valence-electron chi connectivity index (χ0n) is 11.8. The van der Waals surface area contributed by atoms with Crippen molar-refractivity contribution in [3.8, 4) is 0 Å². The molecule has 0 radical (unpaired) electrons. The second-order valence-corrected chi connectivity index (χ2v) is 6.46. The van der Waals surface area contributed by atoms with Crippen molar-refractivity contribution in [2.24, 2.45) is 11.8 Å². The second-order valence-electron chi connectivity index (χ2n) is 6.46. The standard InChI is InChI=1S/C17H25NO/c1-12-6-8-14(9-7-12)17(19)16-11-10-13-4-2-3-5-15(13)18-16/h2-5,12,14,16-19H,6-11H2,1H3. The Bertz CT molecular complexity index is 423. The number of nitrogens with one attached hydrogen (secondary N) is 1. The van der Waals surface area contributed by atoms with E-state index in [2.05, 4.69) is 36.5 Å². The number of hydrogen-bond acceptors (Lipinski definition) is 2. The molecule has 0 bridgehead atoms. The minimum atomic E-state index is -0.180. The van der Waals surface area contributed by atoms with E-state index in [0.29, 0.717) is 5.92 Å². The lowest BCUT2D eigenvalue weighted by atomic mass is 9.77. The van der Waals surface area contributed by atoms with Crippen LogP contribution >= 0.6 is 0 Å². The van der Waals surface area contributed by atoms with E-state index in [-0.39, 0.29) is 12.1 Å². The first-order chi connectivity index (χ1) is 9.24. The van der Waals surface area contributed by atoms with Crippen LogP contribution in [0.1, 0.15) is 44.6 Å². The first-order valence-electron chi connectivity index (χ1n) is 7.76. The fraction of sp³-hybridized carbons (Fsp3) is 0.647. The van der Waals surface area contributed by atoms with Crippen molar-refractivity contribution in [1.82, 2.24) is 0 Å². The smallest absolute Gasteiger partial charge is 0.0769 e. The molecule has 0 aromatic heterocycles. The molecule has 0 spiro atoms. The number of para-hydroxylation sites is 1. The minimum absolute atomic E-state index is 0.180. The van der Waals surface area contributed by atoms with Crippen LogP contribution in [-0.2, 0) is 6.42 Å².